The zero-order valence-electron chi connectivity index (χ0n) is 16.9. The van der Waals surface area contributed by atoms with Crippen molar-refractivity contribution >= 4 is 22.5 Å². The summed E-state index contributed by atoms with van der Waals surface area (Å²) in [5.74, 6) is 0.543. The first-order chi connectivity index (χ1) is 14.5. The number of fused-ring (bicyclic) bond motifs is 1. The van der Waals surface area contributed by atoms with E-state index in [2.05, 4.69) is 4.98 Å². The Hall–Kier alpha value is -3.86. The van der Waals surface area contributed by atoms with Crippen LogP contribution >= 0.6 is 0 Å². The van der Waals surface area contributed by atoms with Crippen molar-refractivity contribution in [2.45, 2.75) is 13.5 Å². The fourth-order valence-corrected chi connectivity index (χ4v) is 3.54. The maximum absolute atomic E-state index is 13.5. The second-order valence-corrected chi connectivity index (χ2v) is 7.16. The van der Waals surface area contributed by atoms with Gasteiger partial charge in [-0.25, -0.2) is 0 Å². The number of anilines is 1. The molecule has 5 nitrogen and oxygen atoms in total. The first kappa shape index (κ1) is 19.5. The number of methoxy groups -OCH3 is 1. The standard InChI is InChI=1S/C25H22N2O3/c1-17-6-5-7-20(14-17)27(25(29)18-10-12-21(30-2)13-11-18)16-19-15-24(28)26-23-9-4-3-8-22(19)23/h3-15H,16H2,1-2H3,(H,26,28). The van der Waals surface area contributed by atoms with Crippen LogP contribution in [0.15, 0.2) is 83.7 Å². The SMILES string of the molecule is COc1ccc(C(=O)N(Cc2cc(=O)[nH]c3ccccc23)c2cccc(C)c2)cc1. The lowest BCUT2D eigenvalue weighted by atomic mass is 10.1. The molecule has 4 rings (SSSR count). The summed E-state index contributed by atoms with van der Waals surface area (Å²) < 4.78 is 5.20. The second-order valence-electron chi connectivity index (χ2n) is 7.16. The van der Waals surface area contributed by atoms with E-state index in [1.807, 2.05) is 55.5 Å². The minimum atomic E-state index is -0.190. The zero-order chi connectivity index (χ0) is 21.1. The van der Waals surface area contributed by atoms with E-state index in [0.717, 1.165) is 27.7 Å². The van der Waals surface area contributed by atoms with Crippen LogP contribution in [0.2, 0.25) is 0 Å². The van der Waals surface area contributed by atoms with Gasteiger partial charge in [0.25, 0.3) is 5.91 Å². The molecule has 0 unspecified atom stereocenters. The summed E-state index contributed by atoms with van der Waals surface area (Å²) in [7, 11) is 1.59. The van der Waals surface area contributed by atoms with Gasteiger partial charge >= 0.3 is 0 Å². The predicted molar refractivity (Wildman–Crippen MR) is 119 cm³/mol. The molecule has 5 heteroatoms. The van der Waals surface area contributed by atoms with Crippen LogP contribution in [0.4, 0.5) is 5.69 Å². The lowest BCUT2D eigenvalue weighted by molar-refractivity contribution is 0.0985. The Morgan fingerprint density at radius 2 is 1.73 bits per heavy atom. The number of carbonyl (C=O) groups excluding carboxylic acids is 1. The Labute approximate surface area is 174 Å². The van der Waals surface area contributed by atoms with Crippen molar-refractivity contribution in [1.29, 1.82) is 0 Å². The molecule has 4 aromatic rings. The molecule has 1 amide bonds. The quantitative estimate of drug-likeness (QED) is 0.530. The molecule has 0 aliphatic rings. The summed E-state index contributed by atoms with van der Waals surface area (Å²) in [4.78, 5) is 30.3. The second kappa shape index (κ2) is 8.25. The molecule has 1 heterocycles. The van der Waals surface area contributed by atoms with Gasteiger partial charge in [0.05, 0.1) is 13.7 Å². The van der Waals surface area contributed by atoms with E-state index < -0.39 is 0 Å². The maximum Gasteiger partial charge on any atom is 0.258 e. The molecule has 0 aliphatic heterocycles. The van der Waals surface area contributed by atoms with E-state index in [0.29, 0.717) is 11.3 Å². The topological polar surface area (TPSA) is 62.4 Å². The molecule has 0 saturated heterocycles. The highest BCUT2D eigenvalue weighted by Gasteiger charge is 2.20. The first-order valence-electron chi connectivity index (χ1n) is 9.69. The van der Waals surface area contributed by atoms with Crippen LogP contribution in [0, 0.1) is 6.92 Å². The third-order valence-electron chi connectivity index (χ3n) is 5.06. The third kappa shape index (κ3) is 3.96. The smallest absolute Gasteiger partial charge is 0.258 e. The number of nitrogens with one attached hydrogen (secondary N) is 1. The average Bonchev–Trinajstić information content (AvgIpc) is 2.77. The van der Waals surface area contributed by atoms with Crippen molar-refractivity contribution in [3.63, 3.8) is 0 Å². The largest absolute Gasteiger partial charge is 0.497 e. The number of nitrogens with zero attached hydrogens (tertiary/aromatic N) is 1. The number of rotatable bonds is 5. The van der Waals surface area contributed by atoms with Crippen LogP contribution in [-0.2, 0) is 6.54 Å². The Kier molecular flexibility index (Phi) is 5.35. The van der Waals surface area contributed by atoms with Crippen molar-refractivity contribution < 1.29 is 9.53 Å². The van der Waals surface area contributed by atoms with E-state index >= 15 is 0 Å². The fourth-order valence-electron chi connectivity index (χ4n) is 3.54. The Balaban J connectivity index is 1.80. The van der Waals surface area contributed by atoms with Gasteiger partial charge in [-0.2, -0.15) is 0 Å². The van der Waals surface area contributed by atoms with Crippen molar-refractivity contribution in [2.75, 3.05) is 12.0 Å². The fraction of sp³-hybridized carbons (Fsp3) is 0.120. The first-order valence-corrected chi connectivity index (χ1v) is 9.69. The van der Waals surface area contributed by atoms with E-state index in [-0.39, 0.29) is 18.0 Å². The molecule has 0 saturated carbocycles. The van der Waals surface area contributed by atoms with Crippen LogP contribution in [0.3, 0.4) is 0 Å². The van der Waals surface area contributed by atoms with Crippen LogP contribution in [0.5, 0.6) is 5.75 Å². The average molecular weight is 398 g/mol. The molecule has 0 spiro atoms. The number of hydrogen-bond donors (Lipinski definition) is 1. The minimum Gasteiger partial charge on any atom is -0.497 e. The molecular formula is C25H22N2O3. The molecular weight excluding hydrogens is 376 g/mol. The maximum atomic E-state index is 13.5. The van der Waals surface area contributed by atoms with Gasteiger partial charge in [0.2, 0.25) is 5.56 Å². The molecule has 1 N–H and O–H groups in total. The molecule has 0 aliphatic carbocycles. The van der Waals surface area contributed by atoms with E-state index in [1.165, 1.54) is 0 Å². The normalized spacial score (nSPS) is 10.7. The van der Waals surface area contributed by atoms with Crippen LogP contribution in [0.1, 0.15) is 21.5 Å². The highest BCUT2D eigenvalue weighted by Crippen LogP contribution is 2.24. The van der Waals surface area contributed by atoms with Crippen molar-refractivity contribution in [2.24, 2.45) is 0 Å². The van der Waals surface area contributed by atoms with Gasteiger partial charge in [0.1, 0.15) is 5.75 Å². The molecule has 30 heavy (non-hydrogen) atoms. The molecule has 0 fully saturated rings. The van der Waals surface area contributed by atoms with Gasteiger partial charge in [-0.15, -0.1) is 0 Å². The Morgan fingerprint density at radius 1 is 0.967 bits per heavy atom. The lowest BCUT2D eigenvalue weighted by Crippen LogP contribution is -2.31. The molecule has 0 radical (unpaired) electrons. The summed E-state index contributed by atoms with van der Waals surface area (Å²) in [6.07, 6.45) is 0. The summed E-state index contributed by atoms with van der Waals surface area (Å²) >= 11 is 0. The number of para-hydroxylation sites is 1. The number of carbonyl (C=O) groups is 1. The number of amides is 1. The van der Waals surface area contributed by atoms with Crippen LogP contribution in [-0.4, -0.2) is 18.0 Å². The number of pyridine rings is 1. The number of H-pyrrole nitrogens is 1. The summed E-state index contributed by atoms with van der Waals surface area (Å²) in [5.41, 5.74) is 3.73. The highest BCUT2D eigenvalue weighted by molar-refractivity contribution is 6.06. The van der Waals surface area contributed by atoms with Gasteiger partial charge < -0.3 is 14.6 Å². The number of aryl methyl sites for hydroxylation is 1. The number of hydrogen-bond acceptors (Lipinski definition) is 3. The van der Waals surface area contributed by atoms with Gasteiger partial charge in [0.15, 0.2) is 0 Å². The van der Waals surface area contributed by atoms with Crippen molar-refractivity contribution in [3.05, 3.63) is 106 Å². The number of ether oxygens (including phenoxy) is 1. The molecule has 1 aromatic heterocycles. The highest BCUT2D eigenvalue weighted by atomic mass is 16.5. The van der Waals surface area contributed by atoms with Gasteiger partial charge in [-0.1, -0.05) is 30.3 Å². The Morgan fingerprint density at radius 3 is 2.47 bits per heavy atom. The Bertz CT molecular complexity index is 1260. The monoisotopic (exact) mass is 398 g/mol. The van der Waals surface area contributed by atoms with Crippen molar-refractivity contribution in [1.82, 2.24) is 4.98 Å². The third-order valence-corrected chi connectivity index (χ3v) is 5.06. The molecule has 3 aromatic carbocycles. The summed E-state index contributed by atoms with van der Waals surface area (Å²) in [6, 6.07) is 24.0. The van der Waals surface area contributed by atoms with Gasteiger partial charge in [-0.05, 0) is 60.5 Å². The lowest BCUT2D eigenvalue weighted by Gasteiger charge is -2.24. The van der Waals surface area contributed by atoms with Gasteiger partial charge in [-0.3, -0.25) is 9.59 Å². The molecule has 0 atom stereocenters. The molecule has 150 valence electrons. The number of benzene rings is 3. The summed E-state index contributed by atoms with van der Waals surface area (Å²) in [5, 5.41) is 0.914. The van der Waals surface area contributed by atoms with Crippen molar-refractivity contribution in [3.8, 4) is 5.75 Å². The number of aromatic amines is 1. The number of aromatic nitrogens is 1. The van der Waals surface area contributed by atoms with E-state index in [9.17, 15) is 9.59 Å². The van der Waals surface area contributed by atoms with Gasteiger partial charge in [0, 0.05) is 28.2 Å². The van der Waals surface area contributed by atoms with E-state index in [4.69, 9.17) is 4.74 Å². The van der Waals surface area contributed by atoms with Crippen LogP contribution in [0.25, 0.3) is 10.9 Å². The molecule has 0 bridgehead atoms. The summed E-state index contributed by atoms with van der Waals surface area (Å²) in [6.45, 7) is 2.26. The predicted octanol–water partition coefficient (Wildman–Crippen LogP) is 4.69. The van der Waals surface area contributed by atoms with Crippen LogP contribution < -0.4 is 15.2 Å². The van der Waals surface area contributed by atoms with E-state index in [1.54, 1.807) is 42.3 Å². The zero-order valence-corrected chi connectivity index (χ0v) is 16.9. The minimum absolute atomic E-state index is 0.146.